The van der Waals surface area contributed by atoms with Crippen LogP contribution < -0.4 is 5.32 Å². The Bertz CT molecular complexity index is 745. The largest absolute Gasteiger partial charge is 0.394 e. The molecule has 15 atom stereocenters. The molecule has 3 aliphatic rings. The topological polar surface area (TPSA) is 278 Å². The number of hydrogen-bond acceptors (Lipinski definition) is 16. The zero-order valence-electron chi connectivity index (χ0n) is 19.7. The van der Waals surface area contributed by atoms with E-state index in [2.05, 4.69) is 5.32 Å². The molecular weight excluding hydrogens is 510 g/mol. The maximum atomic E-state index is 11.6. The van der Waals surface area contributed by atoms with Crippen molar-refractivity contribution in [1.29, 1.82) is 0 Å². The zero-order chi connectivity index (χ0) is 27.6. The van der Waals surface area contributed by atoms with Crippen LogP contribution in [0.5, 0.6) is 0 Å². The molecule has 3 aliphatic heterocycles. The summed E-state index contributed by atoms with van der Waals surface area (Å²) >= 11 is 0. The van der Waals surface area contributed by atoms with E-state index >= 15 is 0 Å². The van der Waals surface area contributed by atoms with Gasteiger partial charge in [0.05, 0.1) is 19.8 Å². The van der Waals surface area contributed by atoms with Gasteiger partial charge in [-0.15, -0.1) is 0 Å². The van der Waals surface area contributed by atoms with Gasteiger partial charge in [0.1, 0.15) is 73.2 Å². The Kier molecular flexibility index (Phi) is 10.5. The van der Waals surface area contributed by atoms with Gasteiger partial charge in [-0.05, 0) is 0 Å². The Morgan fingerprint density at radius 1 is 0.649 bits per heavy atom. The van der Waals surface area contributed by atoms with Gasteiger partial charge in [-0.1, -0.05) is 0 Å². The van der Waals surface area contributed by atoms with E-state index in [0.29, 0.717) is 0 Å². The van der Waals surface area contributed by atoms with Crippen molar-refractivity contribution < 1.29 is 79.5 Å². The molecule has 0 spiro atoms. The lowest BCUT2D eigenvalue weighted by Crippen LogP contribution is -2.68. The molecule has 0 aromatic carbocycles. The van der Waals surface area contributed by atoms with Gasteiger partial charge in [-0.2, -0.15) is 0 Å². The van der Waals surface area contributed by atoms with Gasteiger partial charge in [0, 0.05) is 6.92 Å². The first-order chi connectivity index (χ1) is 17.4. The van der Waals surface area contributed by atoms with Crippen molar-refractivity contribution in [3.05, 3.63) is 0 Å². The quantitative estimate of drug-likeness (QED) is 0.135. The highest BCUT2D eigenvalue weighted by Crippen LogP contribution is 2.32. The Hall–Kier alpha value is -1.13. The second-order valence-electron chi connectivity index (χ2n) is 9.07. The third-order valence-corrected chi connectivity index (χ3v) is 6.50. The van der Waals surface area contributed by atoms with E-state index in [0.717, 1.165) is 6.92 Å². The summed E-state index contributed by atoms with van der Waals surface area (Å²) in [6, 6.07) is -1.41. The van der Waals surface area contributed by atoms with E-state index in [1.54, 1.807) is 0 Å². The fraction of sp³-hybridized carbons (Fsp3) is 0.950. The summed E-state index contributed by atoms with van der Waals surface area (Å²) in [6.45, 7) is -1.23. The molecule has 3 rings (SSSR count). The highest BCUT2D eigenvalue weighted by molar-refractivity contribution is 5.73. The van der Waals surface area contributed by atoms with Crippen LogP contribution in [0.25, 0.3) is 0 Å². The van der Waals surface area contributed by atoms with E-state index in [-0.39, 0.29) is 0 Å². The molecule has 3 saturated heterocycles. The Morgan fingerprint density at radius 2 is 1.11 bits per heavy atom. The molecular formula is C20H35NO16. The van der Waals surface area contributed by atoms with Crippen molar-refractivity contribution in [3.63, 3.8) is 0 Å². The third kappa shape index (κ3) is 6.38. The van der Waals surface area contributed by atoms with Crippen LogP contribution in [0.3, 0.4) is 0 Å². The summed E-state index contributed by atoms with van der Waals surface area (Å²) in [4.78, 5) is 11.6. The number of aliphatic hydroxyl groups is 10. The molecule has 3 fully saturated rings. The standard InChI is InChI=1S/C20H35NO16/c1-5(25)21-9-16(11(27)7(3-23)33-18(9)32)36-20-15(31)17(12(28)8(4-24)35-20)37-19-14(30)13(29)10(26)6(2-22)34-19/h6-20,22-24,26-32H,2-4H2,1H3,(H,21,25)/t6-,7-,8-,9-,10-,11-,12+,13+,14+,15-,16-,17+,18-,19+,20-/m1/s1. The Morgan fingerprint density at radius 3 is 1.65 bits per heavy atom. The Labute approximate surface area is 210 Å². The number of carbonyl (C=O) groups is 1. The highest BCUT2D eigenvalue weighted by Gasteiger charge is 2.53. The summed E-state index contributed by atoms with van der Waals surface area (Å²) in [5.41, 5.74) is 0. The van der Waals surface area contributed by atoms with Crippen LogP contribution in [-0.2, 0) is 28.5 Å². The number of carbonyl (C=O) groups excluding carboxylic acids is 1. The highest BCUT2D eigenvalue weighted by atomic mass is 16.7. The number of aliphatic hydroxyl groups excluding tert-OH is 10. The van der Waals surface area contributed by atoms with Gasteiger partial charge >= 0.3 is 0 Å². The predicted octanol–water partition coefficient (Wildman–Crippen LogP) is -7.43. The van der Waals surface area contributed by atoms with Crippen molar-refractivity contribution in [2.24, 2.45) is 0 Å². The lowest BCUT2D eigenvalue weighted by molar-refractivity contribution is -0.373. The van der Waals surface area contributed by atoms with Crippen molar-refractivity contribution in [2.75, 3.05) is 19.8 Å². The molecule has 0 bridgehead atoms. The van der Waals surface area contributed by atoms with Crippen LogP contribution in [0.4, 0.5) is 0 Å². The van der Waals surface area contributed by atoms with Crippen molar-refractivity contribution >= 4 is 5.91 Å². The normalized spacial score (nSPS) is 49.0. The van der Waals surface area contributed by atoms with Crippen LogP contribution in [0.15, 0.2) is 0 Å². The summed E-state index contributed by atoms with van der Waals surface area (Å²) in [5, 5.41) is 103. The van der Waals surface area contributed by atoms with E-state index < -0.39 is 118 Å². The fourth-order valence-corrected chi connectivity index (χ4v) is 4.45. The lowest BCUT2D eigenvalue weighted by atomic mass is 9.95. The van der Waals surface area contributed by atoms with Crippen LogP contribution >= 0.6 is 0 Å². The van der Waals surface area contributed by atoms with Gasteiger partial charge in [0.25, 0.3) is 0 Å². The molecule has 17 heteroatoms. The summed E-state index contributed by atoms with van der Waals surface area (Å²) in [5.74, 6) is -0.645. The van der Waals surface area contributed by atoms with E-state index in [1.807, 2.05) is 0 Å². The second kappa shape index (κ2) is 12.8. The number of hydrogen-bond donors (Lipinski definition) is 11. The smallest absolute Gasteiger partial charge is 0.217 e. The summed E-state index contributed by atoms with van der Waals surface area (Å²) in [6.07, 6.45) is -23.5. The maximum Gasteiger partial charge on any atom is 0.217 e. The van der Waals surface area contributed by atoms with Gasteiger partial charge in [0.15, 0.2) is 18.9 Å². The molecule has 0 unspecified atom stereocenters. The fourth-order valence-electron chi connectivity index (χ4n) is 4.45. The van der Waals surface area contributed by atoms with Crippen molar-refractivity contribution in [3.8, 4) is 0 Å². The molecule has 0 aliphatic carbocycles. The van der Waals surface area contributed by atoms with Crippen LogP contribution in [0, 0.1) is 0 Å². The minimum atomic E-state index is -1.93. The second-order valence-corrected chi connectivity index (χ2v) is 9.07. The number of ether oxygens (including phenoxy) is 5. The third-order valence-electron chi connectivity index (χ3n) is 6.50. The molecule has 0 aromatic rings. The maximum absolute atomic E-state index is 11.6. The SMILES string of the molecule is CC(=O)N[C@@H]1[C@@H](O[C@H]2O[C@H](CO)[C@H](O)[C@H](O[C@@H]3O[C@H](CO)[C@@H](O)[C@H](O)[C@@H]3O)[C@H]2O)[C@H](O)[C@@H](CO)O[C@H]1O. The zero-order valence-corrected chi connectivity index (χ0v) is 19.7. The van der Waals surface area contributed by atoms with Gasteiger partial charge in [-0.3, -0.25) is 4.79 Å². The minimum Gasteiger partial charge on any atom is -0.394 e. The monoisotopic (exact) mass is 545 g/mol. The summed E-state index contributed by atoms with van der Waals surface area (Å²) < 4.78 is 26.9. The molecule has 216 valence electrons. The Balaban J connectivity index is 1.83. The number of rotatable bonds is 8. The summed E-state index contributed by atoms with van der Waals surface area (Å²) in [7, 11) is 0. The molecule has 3 heterocycles. The lowest BCUT2D eigenvalue weighted by Gasteiger charge is -2.48. The van der Waals surface area contributed by atoms with E-state index in [9.17, 15) is 55.9 Å². The predicted molar refractivity (Wildman–Crippen MR) is 113 cm³/mol. The number of amides is 1. The molecule has 11 N–H and O–H groups in total. The van der Waals surface area contributed by atoms with Gasteiger partial charge < -0.3 is 80.1 Å². The molecule has 1 amide bonds. The van der Waals surface area contributed by atoms with Crippen LogP contribution in [0.2, 0.25) is 0 Å². The van der Waals surface area contributed by atoms with E-state index in [1.165, 1.54) is 0 Å². The first-order valence-corrected chi connectivity index (χ1v) is 11.6. The minimum absolute atomic E-state index is 0.645. The molecule has 0 aromatic heterocycles. The van der Waals surface area contributed by atoms with Crippen LogP contribution in [0.1, 0.15) is 6.92 Å². The van der Waals surface area contributed by atoms with Crippen molar-refractivity contribution in [1.82, 2.24) is 5.32 Å². The average molecular weight is 545 g/mol. The van der Waals surface area contributed by atoms with E-state index in [4.69, 9.17) is 23.7 Å². The number of nitrogens with one attached hydrogen (secondary N) is 1. The molecule has 17 nitrogen and oxygen atoms in total. The van der Waals surface area contributed by atoms with Gasteiger partial charge in [-0.25, -0.2) is 0 Å². The van der Waals surface area contributed by atoms with Gasteiger partial charge in [0.2, 0.25) is 5.91 Å². The molecule has 0 radical (unpaired) electrons. The van der Waals surface area contributed by atoms with Crippen LogP contribution in [-0.4, -0.2) is 169 Å². The molecule has 37 heavy (non-hydrogen) atoms. The van der Waals surface area contributed by atoms with Crippen molar-refractivity contribution in [2.45, 2.75) is 99.0 Å². The average Bonchev–Trinajstić information content (AvgIpc) is 2.86. The molecule has 0 saturated carbocycles. The first kappa shape index (κ1) is 30.4. The first-order valence-electron chi connectivity index (χ1n) is 11.6.